The summed E-state index contributed by atoms with van der Waals surface area (Å²) >= 11 is 0. The molecule has 3 aromatic rings. The fourth-order valence-electron chi connectivity index (χ4n) is 2.28. The number of tetrazole rings is 1. The summed E-state index contributed by atoms with van der Waals surface area (Å²) in [6.07, 6.45) is -4.66. The van der Waals surface area contributed by atoms with E-state index in [2.05, 4.69) is 36.0 Å². The highest BCUT2D eigenvalue weighted by atomic mass is 19.4. The second-order valence-electron chi connectivity index (χ2n) is 5.31. The molecule has 2 aromatic heterocycles. The predicted octanol–water partition coefficient (Wildman–Crippen LogP) is 1.02. The van der Waals surface area contributed by atoms with E-state index in [9.17, 15) is 18.0 Å². The van der Waals surface area contributed by atoms with Crippen LogP contribution in [0.1, 0.15) is 29.1 Å². The van der Waals surface area contributed by atoms with Gasteiger partial charge in [-0.15, -0.1) is 10.2 Å². The van der Waals surface area contributed by atoms with Crippen LogP contribution in [0.3, 0.4) is 0 Å². The molecule has 1 amide bonds. The number of aromatic nitrogens is 7. The fraction of sp³-hybridized carbons (Fsp3) is 0.286. The first-order valence-electron chi connectivity index (χ1n) is 7.42. The van der Waals surface area contributed by atoms with E-state index in [-0.39, 0.29) is 12.4 Å². The maximum absolute atomic E-state index is 12.7. The van der Waals surface area contributed by atoms with Gasteiger partial charge in [0.25, 0.3) is 5.82 Å². The smallest absolute Gasteiger partial charge is 0.347 e. The Morgan fingerprint density at radius 3 is 2.62 bits per heavy atom. The highest BCUT2D eigenvalue weighted by Crippen LogP contribution is 2.25. The summed E-state index contributed by atoms with van der Waals surface area (Å²) in [4.78, 5) is 16.0. The van der Waals surface area contributed by atoms with Gasteiger partial charge >= 0.3 is 6.18 Å². The van der Waals surface area contributed by atoms with Crippen molar-refractivity contribution < 1.29 is 18.0 Å². The lowest BCUT2D eigenvalue weighted by Crippen LogP contribution is -2.34. The van der Waals surface area contributed by atoms with Crippen molar-refractivity contribution in [3.63, 3.8) is 0 Å². The Balaban J connectivity index is 1.78. The van der Waals surface area contributed by atoms with Gasteiger partial charge in [0.05, 0.1) is 6.54 Å². The number of hydrogen-bond donors (Lipinski definition) is 2. The topological polar surface area (TPSA) is 114 Å². The van der Waals surface area contributed by atoms with E-state index >= 15 is 0 Å². The van der Waals surface area contributed by atoms with E-state index < -0.39 is 23.9 Å². The number of benzene rings is 1. The van der Waals surface area contributed by atoms with Crippen molar-refractivity contribution in [2.45, 2.75) is 25.7 Å². The van der Waals surface area contributed by atoms with Crippen molar-refractivity contribution in [1.82, 2.24) is 40.7 Å². The van der Waals surface area contributed by atoms with Gasteiger partial charge < -0.3 is 5.32 Å². The summed E-state index contributed by atoms with van der Waals surface area (Å²) in [7, 11) is 0. The number of halogens is 3. The Kier molecular flexibility index (Phi) is 4.65. The molecule has 9 nitrogen and oxygen atoms in total. The third-order valence-corrected chi connectivity index (χ3v) is 3.48. The molecule has 0 bridgehead atoms. The lowest BCUT2D eigenvalue weighted by atomic mass is 10.1. The number of aromatic amines is 1. The average molecular weight is 366 g/mol. The molecule has 26 heavy (non-hydrogen) atoms. The lowest BCUT2D eigenvalue weighted by Gasteiger charge is -2.17. The zero-order valence-electron chi connectivity index (χ0n) is 13.4. The van der Waals surface area contributed by atoms with E-state index in [0.717, 1.165) is 0 Å². The van der Waals surface area contributed by atoms with Gasteiger partial charge in [0.1, 0.15) is 11.6 Å². The normalized spacial score (nSPS) is 12.8. The summed E-state index contributed by atoms with van der Waals surface area (Å²) < 4.78 is 38.9. The van der Waals surface area contributed by atoms with Gasteiger partial charge in [0, 0.05) is 0 Å². The van der Waals surface area contributed by atoms with Gasteiger partial charge in [-0.05, 0) is 22.9 Å². The Hall–Kier alpha value is -3.31. The zero-order valence-corrected chi connectivity index (χ0v) is 13.4. The maximum atomic E-state index is 12.7. The molecular weight excluding hydrogens is 353 g/mol. The number of carbonyl (C=O) groups excluding carboxylic acids is 1. The fourth-order valence-corrected chi connectivity index (χ4v) is 2.28. The number of nitrogens with one attached hydrogen (secondary N) is 2. The van der Waals surface area contributed by atoms with Gasteiger partial charge in [-0.2, -0.15) is 13.2 Å². The van der Waals surface area contributed by atoms with E-state index in [1.54, 1.807) is 37.3 Å². The van der Waals surface area contributed by atoms with E-state index in [0.29, 0.717) is 11.4 Å². The number of carbonyl (C=O) groups is 1. The molecule has 0 aliphatic rings. The first-order valence-corrected chi connectivity index (χ1v) is 7.42. The maximum Gasteiger partial charge on any atom is 0.453 e. The number of aryl methyl sites for hydroxylation is 1. The lowest BCUT2D eigenvalue weighted by molar-refractivity contribution is -0.144. The molecule has 2 heterocycles. The van der Waals surface area contributed by atoms with Crippen molar-refractivity contribution in [2.24, 2.45) is 0 Å². The highest BCUT2D eigenvalue weighted by molar-refractivity contribution is 5.83. The Bertz CT molecular complexity index is 889. The minimum absolute atomic E-state index is 0.120. The molecule has 12 heteroatoms. The molecule has 0 saturated heterocycles. The molecule has 0 fully saturated rings. The van der Waals surface area contributed by atoms with Crippen LogP contribution in [0.4, 0.5) is 13.2 Å². The predicted molar refractivity (Wildman–Crippen MR) is 80.4 cm³/mol. The van der Waals surface area contributed by atoms with Gasteiger partial charge in [0.15, 0.2) is 6.04 Å². The first-order chi connectivity index (χ1) is 12.4. The van der Waals surface area contributed by atoms with Crippen LogP contribution in [0, 0.1) is 6.92 Å². The van der Waals surface area contributed by atoms with Crippen LogP contribution in [0.5, 0.6) is 0 Å². The van der Waals surface area contributed by atoms with E-state index in [4.69, 9.17) is 0 Å². The SMILES string of the molecule is Cc1nnnn1C(C(=O)NCc1nc(C(F)(F)F)n[nH]1)c1ccccc1. The van der Waals surface area contributed by atoms with Crippen molar-refractivity contribution in [3.8, 4) is 0 Å². The van der Waals surface area contributed by atoms with Crippen LogP contribution < -0.4 is 5.32 Å². The van der Waals surface area contributed by atoms with Crippen LogP contribution in [0.2, 0.25) is 0 Å². The third kappa shape index (κ3) is 3.68. The molecule has 0 aliphatic heterocycles. The molecule has 0 radical (unpaired) electrons. The summed E-state index contributed by atoms with van der Waals surface area (Å²) in [5, 5.41) is 18.9. The minimum atomic E-state index is -4.66. The van der Waals surface area contributed by atoms with E-state index in [1.807, 2.05) is 0 Å². The molecule has 1 atom stereocenters. The number of nitrogens with zero attached hydrogens (tertiary/aromatic N) is 6. The standard InChI is InChI=1S/C14H13F3N8O/c1-8-20-23-24-25(8)11(9-5-3-2-4-6-9)12(26)18-7-10-19-13(22-21-10)14(15,16)17/h2-6,11H,7H2,1H3,(H,18,26)(H,19,21,22). The quantitative estimate of drug-likeness (QED) is 0.697. The van der Waals surface area contributed by atoms with Crippen LogP contribution >= 0.6 is 0 Å². The van der Waals surface area contributed by atoms with Crippen molar-refractivity contribution in [1.29, 1.82) is 0 Å². The molecule has 1 aromatic carbocycles. The third-order valence-electron chi connectivity index (χ3n) is 3.48. The largest absolute Gasteiger partial charge is 0.453 e. The van der Waals surface area contributed by atoms with Gasteiger partial charge in [0.2, 0.25) is 5.91 Å². The van der Waals surface area contributed by atoms with Gasteiger partial charge in [-0.3, -0.25) is 9.89 Å². The molecule has 0 spiro atoms. The summed E-state index contributed by atoms with van der Waals surface area (Å²) in [6.45, 7) is 1.38. The second-order valence-corrected chi connectivity index (χ2v) is 5.31. The summed E-state index contributed by atoms with van der Waals surface area (Å²) in [5.41, 5.74) is 0.619. The van der Waals surface area contributed by atoms with Crippen molar-refractivity contribution >= 4 is 5.91 Å². The number of hydrogen-bond acceptors (Lipinski definition) is 6. The molecule has 2 N–H and O–H groups in total. The van der Waals surface area contributed by atoms with Crippen molar-refractivity contribution in [2.75, 3.05) is 0 Å². The average Bonchev–Trinajstić information content (AvgIpc) is 3.24. The Morgan fingerprint density at radius 1 is 1.31 bits per heavy atom. The van der Waals surface area contributed by atoms with Crippen LogP contribution in [-0.2, 0) is 17.5 Å². The number of rotatable bonds is 5. The van der Waals surface area contributed by atoms with Crippen LogP contribution in [0.25, 0.3) is 0 Å². The van der Waals surface area contributed by atoms with E-state index in [1.165, 1.54) is 4.68 Å². The summed E-state index contributed by atoms with van der Waals surface area (Å²) in [5.74, 6) is -1.51. The summed E-state index contributed by atoms with van der Waals surface area (Å²) in [6, 6.07) is 7.86. The number of alkyl halides is 3. The second kappa shape index (κ2) is 6.90. The highest BCUT2D eigenvalue weighted by Gasteiger charge is 2.36. The molecule has 3 rings (SSSR count). The van der Waals surface area contributed by atoms with Crippen molar-refractivity contribution in [3.05, 3.63) is 53.4 Å². The molecule has 136 valence electrons. The Morgan fingerprint density at radius 2 is 2.04 bits per heavy atom. The number of amides is 1. The zero-order chi connectivity index (χ0) is 18.7. The molecule has 0 aliphatic carbocycles. The monoisotopic (exact) mass is 366 g/mol. The Labute approximate surface area is 144 Å². The molecule has 1 unspecified atom stereocenters. The number of H-pyrrole nitrogens is 1. The van der Waals surface area contributed by atoms with Gasteiger partial charge in [-0.1, -0.05) is 30.3 Å². The molecule has 0 saturated carbocycles. The van der Waals surface area contributed by atoms with Crippen LogP contribution in [0.15, 0.2) is 30.3 Å². The van der Waals surface area contributed by atoms with Crippen LogP contribution in [-0.4, -0.2) is 41.3 Å². The molecular formula is C14H13F3N8O. The first kappa shape index (κ1) is 17.5. The minimum Gasteiger partial charge on any atom is -0.347 e. The van der Waals surface area contributed by atoms with Gasteiger partial charge in [-0.25, -0.2) is 9.67 Å².